The van der Waals surface area contributed by atoms with Gasteiger partial charge < -0.3 is 4.90 Å². The molecule has 1 aliphatic rings. The zero-order valence-corrected chi connectivity index (χ0v) is 12.5. The first kappa shape index (κ1) is 14.8. The molecule has 1 saturated heterocycles. The molecule has 1 aromatic heterocycles. The number of nitrogens with one attached hydrogen (secondary N) is 2. The van der Waals surface area contributed by atoms with E-state index in [1.807, 2.05) is 4.90 Å². The molecular formula is C13H20ClN5O. The lowest BCUT2D eigenvalue weighted by molar-refractivity contribution is 0.140. The smallest absolute Gasteiger partial charge is 0.323 e. The molecule has 0 radical (unpaired) electrons. The summed E-state index contributed by atoms with van der Waals surface area (Å²) in [5.41, 5.74) is 5.34. The molecular weight excluding hydrogens is 278 g/mol. The minimum atomic E-state index is -0.156. The van der Waals surface area contributed by atoms with E-state index in [-0.39, 0.29) is 11.2 Å². The number of urea groups is 1. The lowest BCUT2D eigenvalue weighted by Gasteiger charge is -2.36. The van der Waals surface area contributed by atoms with E-state index in [1.165, 1.54) is 18.8 Å². The summed E-state index contributed by atoms with van der Waals surface area (Å²) >= 11 is 5.86. The lowest BCUT2D eigenvalue weighted by atomic mass is 9.89. The standard InChI is InChI=1S/C13H20ClN5O/c1-3-10-6-9(2)7-19(8-10)13(20)18-17-12-11(14)15-4-5-16-12/h4-5,9-10H,3,6-8H2,1-2H3,(H,16,17)(H,18,20)/t9-,10?/m0/s1. The Morgan fingerprint density at radius 2 is 2.20 bits per heavy atom. The zero-order chi connectivity index (χ0) is 14.5. The van der Waals surface area contributed by atoms with Crippen LogP contribution in [0.4, 0.5) is 10.6 Å². The van der Waals surface area contributed by atoms with Crippen molar-refractivity contribution in [2.24, 2.45) is 11.8 Å². The van der Waals surface area contributed by atoms with E-state index in [0.29, 0.717) is 17.7 Å². The summed E-state index contributed by atoms with van der Waals surface area (Å²) in [7, 11) is 0. The van der Waals surface area contributed by atoms with Gasteiger partial charge in [-0.15, -0.1) is 0 Å². The van der Waals surface area contributed by atoms with Crippen LogP contribution >= 0.6 is 11.6 Å². The number of hydrazine groups is 1. The van der Waals surface area contributed by atoms with Crippen molar-refractivity contribution in [3.05, 3.63) is 17.5 Å². The van der Waals surface area contributed by atoms with Crippen LogP contribution in [0, 0.1) is 11.8 Å². The van der Waals surface area contributed by atoms with Crippen LogP contribution in [0.15, 0.2) is 12.4 Å². The molecule has 2 atom stereocenters. The van der Waals surface area contributed by atoms with Crippen molar-refractivity contribution in [2.45, 2.75) is 26.7 Å². The maximum atomic E-state index is 12.2. The molecule has 2 N–H and O–H groups in total. The number of aromatic nitrogens is 2. The Balaban J connectivity index is 1.90. The maximum absolute atomic E-state index is 12.2. The summed E-state index contributed by atoms with van der Waals surface area (Å²) in [5.74, 6) is 1.45. The van der Waals surface area contributed by atoms with Crippen LogP contribution in [0.5, 0.6) is 0 Å². The zero-order valence-electron chi connectivity index (χ0n) is 11.8. The van der Waals surface area contributed by atoms with Gasteiger partial charge in [-0.05, 0) is 18.3 Å². The van der Waals surface area contributed by atoms with Crippen molar-refractivity contribution in [1.82, 2.24) is 20.3 Å². The number of piperidine rings is 1. The first-order valence-electron chi connectivity index (χ1n) is 6.87. The molecule has 0 saturated carbocycles. The molecule has 0 aromatic carbocycles. The summed E-state index contributed by atoms with van der Waals surface area (Å²) in [6.45, 7) is 5.91. The van der Waals surface area contributed by atoms with Gasteiger partial charge in [0.1, 0.15) is 0 Å². The number of hydrogen-bond acceptors (Lipinski definition) is 4. The minimum Gasteiger partial charge on any atom is -0.323 e. The van der Waals surface area contributed by atoms with E-state index in [4.69, 9.17) is 11.6 Å². The van der Waals surface area contributed by atoms with Crippen molar-refractivity contribution in [2.75, 3.05) is 18.5 Å². The summed E-state index contributed by atoms with van der Waals surface area (Å²) in [6, 6.07) is -0.156. The number of carbonyl (C=O) groups excluding carboxylic acids is 1. The maximum Gasteiger partial charge on any atom is 0.336 e. The molecule has 0 bridgehead atoms. The Morgan fingerprint density at radius 1 is 1.45 bits per heavy atom. The highest BCUT2D eigenvalue weighted by Crippen LogP contribution is 2.23. The monoisotopic (exact) mass is 297 g/mol. The normalized spacial score (nSPS) is 22.4. The molecule has 7 heteroatoms. The lowest BCUT2D eigenvalue weighted by Crippen LogP contribution is -2.49. The van der Waals surface area contributed by atoms with E-state index in [9.17, 15) is 4.79 Å². The van der Waals surface area contributed by atoms with Crippen LogP contribution in [-0.2, 0) is 0 Å². The number of halogens is 1. The highest BCUT2D eigenvalue weighted by atomic mass is 35.5. The predicted octanol–water partition coefficient (Wildman–Crippen LogP) is 2.53. The van der Waals surface area contributed by atoms with Crippen molar-refractivity contribution in [3.8, 4) is 0 Å². The van der Waals surface area contributed by atoms with Crippen molar-refractivity contribution >= 4 is 23.4 Å². The number of likely N-dealkylation sites (tertiary alicyclic amines) is 1. The second-order valence-electron chi connectivity index (χ2n) is 5.27. The van der Waals surface area contributed by atoms with Crippen LogP contribution in [0.2, 0.25) is 5.15 Å². The third-order valence-corrected chi connectivity index (χ3v) is 3.83. The number of hydrogen-bond donors (Lipinski definition) is 2. The molecule has 1 aromatic rings. The van der Waals surface area contributed by atoms with Gasteiger partial charge in [-0.25, -0.2) is 14.8 Å². The second-order valence-corrected chi connectivity index (χ2v) is 5.63. The van der Waals surface area contributed by atoms with Crippen LogP contribution in [0.1, 0.15) is 26.7 Å². The average Bonchev–Trinajstić information content (AvgIpc) is 2.45. The first-order valence-corrected chi connectivity index (χ1v) is 7.25. The minimum absolute atomic E-state index is 0.156. The van der Waals surface area contributed by atoms with Crippen LogP contribution in [0.3, 0.4) is 0 Å². The average molecular weight is 298 g/mol. The van der Waals surface area contributed by atoms with Crippen LogP contribution < -0.4 is 10.9 Å². The number of nitrogens with zero attached hydrogens (tertiary/aromatic N) is 3. The fraction of sp³-hybridized carbons (Fsp3) is 0.615. The summed E-state index contributed by atoms with van der Waals surface area (Å²) in [6.07, 6.45) is 5.28. The van der Waals surface area contributed by atoms with Gasteiger partial charge in [0, 0.05) is 25.5 Å². The molecule has 20 heavy (non-hydrogen) atoms. The molecule has 1 aliphatic heterocycles. The topological polar surface area (TPSA) is 70.2 Å². The van der Waals surface area contributed by atoms with Gasteiger partial charge in [-0.1, -0.05) is 31.9 Å². The Morgan fingerprint density at radius 3 is 2.90 bits per heavy atom. The largest absolute Gasteiger partial charge is 0.336 e. The van der Waals surface area contributed by atoms with Gasteiger partial charge in [0.25, 0.3) is 0 Å². The van der Waals surface area contributed by atoms with Crippen molar-refractivity contribution < 1.29 is 4.79 Å². The summed E-state index contributed by atoms with van der Waals surface area (Å²) < 4.78 is 0. The van der Waals surface area contributed by atoms with E-state index < -0.39 is 0 Å². The molecule has 1 unspecified atom stereocenters. The summed E-state index contributed by atoms with van der Waals surface area (Å²) in [5, 5.41) is 0.228. The Bertz CT molecular complexity index is 470. The number of rotatable bonds is 3. The number of amides is 2. The molecule has 1 fully saturated rings. The highest BCUT2D eigenvalue weighted by Gasteiger charge is 2.26. The fourth-order valence-electron chi connectivity index (χ4n) is 2.54. The van der Waals surface area contributed by atoms with Crippen molar-refractivity contribution in [3.63, 3.8) is 0 Å². The third kappa shape index (κ3) is 3.72. The molecule has 2 rings (SSSR count). The van der Waals surface area contributed by atoms with Crippen molar-refractivity contribution in [1.29, 1.82) is 0 Å². The van der Waals surface area contributed by atoms with E-state index in [1.54, 1.807) is 0 Å². The molecule has 6 nitrogen and oxygen atoms in total. The van der Waals surface area contributed by atoms with Gasteiger partial charge in [0.05, 0.1) is 0 Å². The van der Waals surface area contributed by atoms with Gasteiger partial charge in [-0.2, -0.15) is 0 Å². The van der Waals surface area contributed by atoms with Gasteiger partial charge >= 0.3 is 6.03 Å². The first-order chi connectivity index (χ1) is 9.60. The predicted molar refractivity (Wildman–Crippen MR) is 78.3 cm³/mol. The number of anilines is 1. The molecule has 0 spiro atoms. The quantitative estimate of drug-likeness (QED) is 0.841. The Labute approximate surface area is 123 Å². The fourth-order valence-corrected chi connectivity index (χ4v) is 2.69. The third-order valence-electron chi connectivity index (χ3n) is 3.55. The summed E-state index contributed by atoms with van der Waals surface area (Å²) in [4.78, 5) is 21.9. The SMILES string of the molecule is CCC1C[C@H](C)CN(C(=O)NNc2nccnc2Cl)C1. The second kappa shape index (κ2) is 6.74. The van der Waals surface area contributed by atoms with Gasteiger partial charge in [0.15, 0.2) is 11.0 Å². The molecule has 110 valence electrons. The van der Waals surface area contributed by atoms with Crippen LogP contribution in [-0.4, -0.2) is 34.0 Å². The molecule has 2 amide bonds. The molecule has 2 heterocycles. The molecule has 0 aliphatic carbocycles. The Kier molecular flexibility index (Phi) is 5.00. The number of carbonyl (C=O) groups is 1. The van der Waals surface area contributed by atoms with Gasteiger partial charge in [-0.3, -0.25) is 10.9 Å². The van der Waals surface area contributed by atoms with Gasteiger partial charge in [0.2, 0.25) is 0 Å². The van der Waals surface area contributed by atoms with E-state index in [0.717, 1.165) is 19.5 Å². The Hall–Kier alpha value is -1.56. The van der Waals surface area contributed by atoms with E-state index in [2.05, 4.69) is 34.7 Å². The highest BCUT2D eigenvalue weighted by molar-refractivity contribution is 6.31. The van der Waals surface area contributed by atoms with Crippen LogP contribution in [0.25, 0.3) is 0 Å². The van der Waals surface area contributed by atoms with E-state index >= 15 is 0 Å².